The molecule has 0 spiro atoms. The highest BCUT2D eigenvalue weighted by atomic mass is 79.9. The smallest absolute Gasteiger partial charge is 0.328 e. The molecule has 0 radical (unpaired) electrons. The summed E-state index contributed by atoms with van der Waals surface area (Å²) in [7, 11) is 1.65. The zero-order valence-electron chi connectivity index (χ0n) is 11.9. The third-order valence-corrected chi connectivity index (χ3v) is 3.14. The predicted octanol–water partition coefficient (Wildman–Crippen LogP) is 2.98. The summed E-state index contributed by atoms with van der Waals surface area (Å²) in [6.45, 7) is 2.16. The van der Waals surface area contributed by atoms with Crippen LogP contribution in [0.3, 0.4) is 0 Å². The van der Waals surface area contributed by atoms with Gasteiger partial charge in [0.1, 0.15) is 12.4 Å². The molecule has 0 aromatic heterocycles. The van der Waals surface area contributed by atoms with Crippen molar-refractivity contribution in [1.82, 2.24) is 0 Å². The molecule has 1 rings (SSSR count). The van der Waals surface area contributed by atoms with Crippen molar-refractivity contribution in [2.24, 2.45) is 0 Å². The van der Waals surface area contributed by atoms with E-state index in [0.717, 1.165) is 17.0 Å². The summed E-state index contributed by atoms with van der Waals surface area (Å²) in [4.78, 5) is 10.6. The molecule has 6 heteroatoms. The van der Waals surface area contributed by atoms with E-state index >= 15 is 0 Å². The molecule has 1 aromatic rings. The van der Waals surface area contributed by atoms with Gasteiger partial charge in [0.2, 0.25) is 0 Å². The highest BCUT2D eigenvalue weighted by molar-refractivity contribution is 9.10. The lowest BCUT2D eigenvalue weighted by molar-refractivity contribution is -0.131. The lowest BCUT2D eigenvalue weighted by atomic mass is 10.2. The molecule has 0 saturated carbocycles. The van der Waals surface area contributed by atoms with Gasteiger partial charge in [0, 0.05) is 32.0 Å². The number of halogens is 1. The maximum absolute atomic E-state index is 10.6. The Morgan fingerprint density at radius 1 is 1.29 bits per heavy atom. The van der Waals surface area contributed by atoms with Crippen LogP contribution in [0.4, 0.5) is 0 Å². The van der Waals surface area contributed by atoms with E-state index in [0.29, 0.717) is 37.7 Å². The number of ether oxygens (including phenoxy) is 3. The maximum Gasteiger partial charge on any atom is 0.328 e. The van der Waals surface area contributed by atoms with Crippen molar-refractivity contribution in [2.75, 3.05) is 33.5 Å². The Morgan fingerprint density at radius 3 is 2.81 bits per heavy atom. The molecule has 0 atom stereocenters. The Labute approximate surface area is 132 Å². The van der Waals surface area contributed by atoms with Crippen molar-refractivity contribution in [2.45, 2.75) is 6.42 Å². The minimum Gasteiger partial charge on any atom is -0.489 e. The molecule has 0 amide bonds. The summed E-state index contributed by atoms with van der Waals surface area (Å²) in [5.74, 6) is -0.391. The van der Waals surface area contributed by atoms with Crippen LogP contribution in [0.5, 0.6) is 5.75 Å². The molecule has 0 saturated heterocycles. The van der Waals surface area contributed by atoms with Crippen molar-refractivity contribution in [1.29, 1.82) is 0 Å². The molecule has 1 N–H and O–H groups in total. The molecule has 21 heavy (non-hydrogen) atoms. The number of methoxy groups -OCH3 is 1. The Morgan fingerprint density at radius 2 is 2.10 bits per heavy atom. The van der Waals surface area contributed by atoms with Crippen molar-refractivity contribution >= 4 is 28.0 Å². The number of benzene rings is 1. The van der Waals surface area contributed by atoms with E-state index in [1.165, 1.54) is 6.08 Å². The number of para-hydroxylation sites is 1. The minimum absolute atomic E-state index is 0.392. The molecule has 0 heterocycles. The van der Waals surface area contributed by atoms with Gasteiger partial charge in [-0.2, -0.15) is 0 Å². The molecule has 116 valence electrons. The second-order valence-corrected chi connectivity index (χ2v) is 4.99. The number of carbonyl (C=O) groups is 1. The first-order valence-corrected chi connectivity index (χ1v) is 7.33. The largest absolute Gasteiger partial charge is 0.489 e. The fourth-order valence-corrected chi connectivity index (χ4v) is 2.08. The average Bonchev–Trinajstić information content (AvgIpc) is 2.46. The van der Waals surface area contributed by atoms with Crippen LogP contribution in [0, 0.1) is 0 Å². The van der Waals surface area contributed by atoms with Gasteiger partial charge in [0.05, 0.1) is 11.1 Å². The van der Waals surface area contributed by atoms with Crippen LogP contribution in [0.15, 0.2) is 28.7 Å². The average molecular weight is 359 g/mol. The Bertz CT molecular complexity index is 473. The van der Waals surface area contributed by atoms with E-state index in [1.807, 2.05) is 12.1 Å². The number of carboxylic acid groups (broad SMARTS) is 1. The summed E-state index contributed by atoms with van der Waals surface area (Å²) < 4.78 is 16.8. The van der Waals surface area contributed by atoms with Crippen LogP contribution in [-0.2, 0) is 14.3 Å². The first-order chi connectivity index (χ1) is 10.1. The molecule has 0 aliphatic carbocycles. The van der Waals surface area contributed by atoms with Crippen molar-refractivity contribution in [3.63, 3.8) is 0 Å². The van der Waals surface area contributed by atoms with Crippen LogP contribution < -0.4 is 4.74 Å². The van der Waals surface area contributed by atoms with Crippen LogP contribution in [0.2, 0.25) is 0 Å². The monoisotopic (exact) mass is 358 g/mol. The first-order valence-electron chi connectivity index (χ1n) is 6.54. The fraction of sp³-hybridized carbons (Fsp3) is 0.400. The summed E-state index contributed by atoms with van der Waals surface area (Å²) in [6, 6.07) is 5.45. The van der Waals surface area contributed by atoms with E-state index < -0.39 is 5.97 Å². The second kappa shape index (κ2) is 10.4. The molecule has 1 aromatic carbocycles. The lowest BCUT2D eigenvalue weighted by Crippen LogP contribution is -2.09. The highest BCUT2D eigenvalue weighted by Gasteiger charge is 2.06. The molecule has 0 unspecified atom stereocenters. The summed E-state index contributed by atoms with van der Waals surface area (Å²) in [5, 5.41) is 8.68. The van der Waals surface area contributed by atoms with Gasteiger partial charge in [-0.15, -0.1) is 0 Å². The van der Waals surface area contributed by atoms with Crippen molar-refractivity contribution in [3.05, 3.63) is 34.3 Å². The van der Waals surface area contributed by atoms with Gasteiger partial charge in [-0.3, -0.25) is 0 Å². The molecule has 0 aliphatic rings. The first kappa shape index (κ1) is 17.7. The van der Waals surface area contributed by atoms with Gasteiger partial charge in [0.25, 0.3) is 0 Å². The molecule has 0 fully saturated rings. The Kier molecular flexibility index (Phi) is 8.73. The van der Waals surface area contributed by atoms with E-state index in [-0.39, 0.29) is 0 Å². The standard InChI is InChI=1S/C15H19BrO5/c1-19-8-3-9-20-10-11-21-15-12(6-7-14(17)18)4-2-5-13(15)16/h2,4-7H,3,8-11H2,1H3,(H,17,18)/b7-6+. The summed E-state index contributed by atoms with van der Waals surface area (Å²) in [6.07, 6.45) is 3.43. The normalized spacial score (nSPS) is 11.0. The molecule has 0 aliphatic heterocycles. The summed E-state index contributed by atoms with van der Waals surface area (Å²) >= 11 is 3.39. The fourth-order valence-electron chi connectivity index (χ4n) is 1.58. The van der Waals surface area contributed by atoms with E-state index in [9.17, 15) is 4.79 Å². The Balaban J connectivity index is 2.48. The van der Waals surface area contributed by atoms with Crippen LogP contribution in [-0.4, -0.2) is 44.6 Å². The number of carboxylic acids is 1. The third kappa shape index (κ3) is 7.27. The van der Waals surface area contributed by atoms with Gasteiger partial charge in [0.15, 0.2) is 0 Å². The maximum atomic E-state index is 10.6. The van der Waals surface area contributed by atoms with Gasteiger partial charge in [-0.25, -0.2) is 4.79 Å². The summed E-state index contributed by atoms with van der Waals surface area (Å²) in [5.41, 5.74) is 0.700. The molecular weight excluding hydrogens is 340 g/mol. The lowest BCUT2D eigenvalue weighted by Gasteiger charge is -2.11. The Hall–Kier alpha value is -1.37. The predicted molar refractivity (Wildman–Crippen MR) is 83.6 cm³/mol. The van der Waals surface area contributed by atoms with E-state index in [4.69, 9.17) is 19.3 Å². The molecule has 0 bridgehead atoms. The molecular formula is C15H19BrO5. The zero-order valence-corrected chi connectivity index (χ0v) is 13.5. The van der Waals surface area contributed by atoms with Gasteiger partial charge in [-0.05, 0) is 34.5 Å². The van der Waals surface area contributed by atoms with Gasteiger partial charge < -0.3 is 19.3 Å². The highest BCUT2D eigenvalue weighted by Crippen LogP contribution is 2.30. The second-order valence-electron chi connectivity index (χ2n) is 4.14. The quantitative estimate of drug-likeness (QED) is 0.514. The number of hydrogen-bond acceptors (Lipinski definition) is 4. The van der Waals surface area contributed by atoms with Crippen molar-refractivity contribution < 1.29 is 24.1 Å². The zero-order chi connectivity index (χ0) is 15.5. The van der Waals surface area contributed by atoms with Gasteiger partial charge in [-0.1, -0.05) is 12.1 Å². The van der Waals surface area contributed by atoms with Gasteiger partial charge >= 0.3 is 5.97 Å². The number of aliphatic carboxylic acids is 1. The number of rotatable bonds is 10. The minimum atomic E-state index is -0.998. The van der Waals surface area contributed by atoms with E-state index in [1.54, 1.807) is 13.2 Å². The third-order valence-electron chi connectivity index (χ3n) is 2.51. The SMILES string of the molecule is COCCCOCCOc1c(Br)cccc1/C=C/C(=O)O. The van der Waals surface area contributed by atoms with Crippen LogP contribution in [0.25, 0.3) is 6.08 Å². The topological polar surface area (TPSA) is 65.0 Å². The van der Waals surface area contributed by atoms with E-state index in [2.05, 4.69) is 15.9 Å². The molecule has 5 nitrogen and oxygen atoms in total. The van der Waals surface area contributed by atoms with Crippen LogP contribution in [0.1, 0.15) is 12.0 Å². The van der Waals surface area contributed by atoms with Crippen LogP contribution >= 0.6 is 15.9 Å². The number of hydrogen-bond donors (Lipinski definition) is 1. The van der Waals surface area contributed by atoms with Crippen molar-refractivity contribution in [3.8, 4) is 5.75 Å².